The number of methoxy groups -OCH3 is 1. The van der Waals surface area contributed by atoms with Gasteiger partial charge in [-0.2, -0.15) is 0 Å². The minimum atomic E-state index is -0.724. The van der Waals surface area contributed by atoms with Crippen molar-refractivity contribution in [3.8, 4) is 0 Å². The summed E-state index contributed by atoms with van der Waals surface area (Å²) < 4.78 is 19.0. The lowest BCUT2D eigenvalue weighted by Gasteiger charge is -2.41. The zero-order chi connectivity index (χ0) is 16.8. The number of carbonyl (C=O) groups excluding carboxylic acids is 1. The van der Waals surface area contributed by atoms with Crippen LogP contribution in [0.2, 0.25) is 0 Å². The smallest absolute Gasteiger partial charge is 0.327 e. The summed E-state index contributed by atoms with van der Waals surface area (Å²) in [6, 6.07) is 5.74. The summed E-state index contributed by atoms with van der Waals surface area (Å²) in [5.74, 6) is -0.843. The summed E-state index contributed by atoms with van der Waals surface area (Å²) in [6.45, 7) is 4.91. The van der Waals surface area contributed by atoms with E-state index in [1.807, 2.05) is 11.8 Å². The first-order chi connectivity index (χ1) is 11.1. The van der Waals surface area contributed by atoms with Gasteiger partial charge in [0.15, 0.2) is 0 Å². The fourth-order valence-corrected chi connectivity index (χ4v) is 3.14. The third kappa shape index (κ3) is 4.07. The number of ether oxygens (including phenoxy) is 1. The molecule has 1 aliphatic heterocycles. The molecule has 1 aliphatic rings. The van der Waals surface area contributed by atoms with Crippen LogP contribution in [0, 0.1) is 5.82 Å². The van der Waals surface area contributed by atoms with Crippen LogP contribution in [-0.4, -0.2) is 66.8 Å². The van der Waals surface area contributed by atoms with Crippen LogP contribution in [0.3, 0.4) is 0 Å². The molecule has 2 atom stereocenters. The van der Waals surface area contributed by atoms with Crippen LogP contribution in [0.5, 0.6) is 0 Å². The lowest BCUT2D eigenvalue weighted by molar-refractivity contribution is -0.148. The predicted molar refractivity (Wildman–Crippen MR) is 85.5 cm³/mol. The summed E-state index contributed by atoms with van der Waals surface area (Å²) in [7, 11) is 1.32. The Morgan fingerprint density at radius 1 is 1.26 bits per heavy atom. The van der Waals surface area contributed by atoms with Crippen molar-refractivity contribution in [3.05, 3.63) is 35.6 Å². The molecule has 1 aromatic carbocycles. The molecule has 1 aromatic rings. The molecule has 0 amide bonds. The van der Waals surface area contributed by atoms with Gasteiger partial charge in [0, 0.05) is 37.8 Å². The SMILES string of the molecule is CCC(CO)N1CCN(C(C(=O)OC)c2ccccc2F)CC1. The van der Waals surface area contributed by atoms with Crippen LogP contribution < -0.4 is 0 Å². The summed E-state index contributed by atoms with van der Waals surface area (Å²) in [6.07, 6.45) is 0.879. The molecular formula is C17H25FN2O3. The number of hydrogen-bond acceptors (Lipinski definition) is 5. The number of piperazine rings is 1. The van der Waals surface area contributed by atoms with Crippen molar-refractivity contribution in [2.75, 3.05) is 39.9 Å². The third-order valence-corrected chi connectivity index (χ3v) is 4.54. The molecule has 1 saturated heterocycles. The van der Waals surface area contributed by atoms with Crippen molar-refractivity contribution in [1.82, 2.24) is 9.80 Å². The van der Waals surface area contributed by atoms with Gasteiger partial charge in [0.05, 0.1) is 13.7 Å². The molecule has 2 rings (SSSR count). The Kier molecular flexibility index (Phi) is 6.50. The van der Waals surface area contributed by atoms with Crippen LogP contribution in [0.25, 0.3) is 0 Å². The standard InChI is InChI=1S/C17H25FN2O3/c1-3-13(12-21)19-8-10-20(11-9-19)16(17(22)23-2)14-6-4-5-7-15(14)18/h4-7,13,16,21H,3,8-12H2,1-2H3. The van der Waals surface area contributed by atoms with E-state index in [0.717, 1.165) is 19.5 Å². The Bertz CT molecular complexity index is 514. The highest BCUT2D eigenvalue weighted by Gasteiger charge is 2.33. The topological polar surface area (TPSA) is 53.0 Å². The van der Waals surface area contributed by atoms with Gasteiger partial charge in [-0.1, -0.05) is 25.1 Å². The van der Waals surface area contributed by atoms with Gasteiger partial charge < -0.3 is 9.84 Å². The highest BCUT2D eigenvalue weighted by molar-refractivity contribution is 5.77. The second-order valence-electron chi connectivity index (χ2n) is 5.76. The van der Waals surface area contributed by atoms with Gasteiger partial charge in [0.1, 0.15) is 11.9 Å². The average Bonchev–Trinajstić information content (AvgIpc) is 2.59. The van der Waals surface area contributed by atoms with E-state index in [2.05, 4.69) is 4.90 Å². The largest absolute Gasteiger partial charge is 0.468 e. The number of carbonyl (C=O) groups is 1. The van der Waals surface area contributed by atoms with E-state index in [0.29, 0.717) is 18.7 Å². The Morgan fingerprint density at radius 2 is 1.87 bits per heavy atom. The van der Waals surface area contributed by atoms with Crippen LogP contribution >= 0.6 is 0 Å². The van der Waals surface area contributed by atoms with Crippen molar-refractivity contribution in [2.45, 2.75) is 25.4 Å². The van der Waals surface area contributed by atoms with E-state index in [1.165, 1.54) is 13.2 Å². The molecular weight excluding hydrogens is 299 g/mol. The highest BCUT2D eigenvalue weighted by atomic mass is 19.1. The maximum atomic E-state index is 14.1. The molecule has 0 bridgehead atoms. The van der Waals surface area contributed by atoms with Crippen molar-refractivity contribution >= 4 is 5.97 Å². The number of hydrogen-bond donors (Lipinski definition) is 1. The van der Waals surface area contributed by atoms with E-state index < -0.39 is 17.8 Å². The molecule has 0 spiro atoms. The van der Waals surface area contributed by atoms with E-state index >= 15 is 0 Å². The van der Waals surface area contributed by atoms with Gasteiger partial charge in [-0.3, -0.25) is 9.80 Å². The monoisotopic (exact) mass is 324 g/mol. The van der Waals surface area contributed by atoms with Crippen LogP contribution in [0.4, 0.5) is 4.39 Å². The lowest BCUT2D eigenvalue weighted by Crippen LogP contribution is -2.53. The second-order valence-corrected chi connectivity index (χ2v) is 5.76. The van der Waals surface area contributed by atoms with Gasteiger partial charge in [0.25, 0.3) is 0 Å². The maximum Gasteiger partial charge on any atom is 0.327 e. The molecule has 1 heterocycles. The Morgan fingerprint density at radius 3 is 2.39 bits per heavy atom. The molecule has 23 heavy (non-hydrogen) atoms. The fourth-order valence-electron chi connectivity index (χ4n) is 3.14. The first-order valence-electron chi connectivity index (χ1n) is 8.03. The van der Waals surface area contributed by atoms with Gasteiger partial charge in [0.2, 0.25) is 0 Å². The minimum Gasteiger partial charge on any atom is -0.468 e. The predicted octanol–water partition coefficient (Wildman–Crippen LogP) is 1.43. The molecule has 1 N–H and O–H groups in total. The number of aliphatic hydroxyl groups is 1. The van der Waals surface area contributed by atoms with Crippen LogP contribution in [0.1, 0.15) is 24.9 Å². The number of aliphatic hydroxyl groups excluding tert-OH is 1. The normalized spacial score (nSPS) is 19.3. The molecule has 0 aliphatic carbocycles. The summed E-state index contributed by atoms with van der Waals surface area (Å²) >= 11 is 0. The molecule has 2 unspecified atom stereocenters. The van der Waals surface area contributed by atoms with Crippen molar-refractivity contribution < 1.29 is 19.0 Å². The Labute approximate surface area is 136 Å². The fraction of sp³-hybridized carbons (Fsp3) is 0.588. The number of halogens is 1. The zero-order valence-corrected chi connectivity index (χ0v) is 13.7. The molecule has 0 aromatic heterocycles. The number of esters is 1. The second kappa shape index (κ2) is 8.38. The summed E-state index contributed by atoms with van der Waals surface area (Å²) in [5.41, 5.74) is 0.349. The van der Waals surface area contributed by atoms with Crippen LogP contribution in [0.15, 0.2) is 24.3 Å². The number of nitrogens with zero attached hydrogens (tertiary/aromatic N) is 2. The number of rotatable bonds is 6. The molecule has 5 nitrogen and oxygen atoms in total. The summed E-state index contributed by atoms with van der Waals surface area (Å²) in [4.78, 5) is 16.4. The molecule has 0 radical (unpaired) electrons. The number of benzene rings is 1. The van der Waals surface area contributed by atoms with E-state index in [1.54, 1.807) is 18.2 Å². The van der Waals surface area contributed by atoms with E-state index in [9.17, 15) is 14.3 Å². The molecule has 0 saturated carbocycles. The van der Waals surface area contributed by atoms with E-state index in [4.69, 9.17) is 4.74 Å². The quantitative estimate of drug-likeness (QED) is 0.802. The Hall–Kier alpha value is -1.50. The first kappa shape index (κ1) is 17.8. The highest BCUT2D eigenvalue weighted by Crippen LogP contribution is 2.26. The van der Waals surface area contributed by atoms with Gasteiger partial charge in [-0.05, 0) is 12.5 Å². The van der Waals surface area contributed by atoms with E-state index in [-0.39, 0.29) is 12.6 Å². The van der Waals surface area contributed by atoms with Crippen molar-refractivity contribution in [2.24, 2.45) is 0 Å². The van der Waals surface area contributed by atoms with Crippen molar-refractivity contribution in [3.63, 3.8) is 0 Å². The zero-order valence-electron chi connectivity index (χ0n) is 13.7. The first-order valence-corrected chi connectivity index (χ1v) is 8.03. The van der Waals surface area contributed by atoms with Crippen LogP contribution in [-0.2, 0) is 9.53 Å². The van der Waals surface area contributed by atoms with Gasteiger partial charge in [-0.15, -0.1) is 0 Å². The average molecular weight is 324 g/mol. The maximum absolute atomic E-state index is 14.1. The third-order valence-electron chi connectivity index (χ3n) is 4.54. The Balaban J connectivity index is 2.14. The van der Waals surface area contributed by atoms with Gasteiger partial charge >= 0.3 is 5.97 Å². The van der Waals surface area contributed by atoms with Gasteiger partial charge in [-0.25, -0.2) is 9.18 Å². The minimum absolute atomic E-state index is 0.129. The van der Waals surface area contributed by atoms with Crippen molar-refractivity contribution in [1.29, 1.82) is 0 Å². The molecule has 1 fully saturated rings. The lowest BCUT2D eigenvalue weighted by atomic mass is 10.0. The summed E-state index contributed by atoms with van der Waals surface area (Å²) in [5, 5.41) is 9.42. The molecule has 6 heteroatoms. The molecule has 128 valence electrons.